The Balaban J connectivity index is 1.81. The summed E-state index contributed by atoms with van der Waals surface area (Å²) in [6.07, 6.45) is 1.67. The predicted octanol–water partition coefficient (Wildman–Crippen LogP) is 2.53. The third kappa shape index (κ3) is 4.35. The average molecular weight is 455 g/mol. The smallest absolute Gasteiger partial charge is 0.255 e. The molecule has 0 unspecified atom stereocenters. The second kappa shape index (κ2) is 9.23. The third-order valence-corrected chi connectivity index (χ3v) is 6.14. The molecule has 9 nitrogen and oxygen atoms in total. The average Bonchev–Trinajstić information content (AvgIpc) is 3.13. The van der Waals surface area contributed by atoms with Gasteiger partial charge in [-0.3, -0.25) is 14.2 Å². The van der Waals surface area contributed by atoms with Crippen molar-refractivity contribution in [2.24, 2.45) is 5.73 Å². The lowest BCUT2D eigenvalue weighted by Crippen LogP contribution is -2.20. The highest BCUT2D eigenvalue weighted by Gasteiger charge is 2.30. The standard InChI is InChI=1S/C22H22N4O5S/c1-29-15-5-3-4-14(9-15)26-12-24-22-20(26)21(32-11-19(28)25-22)13-6-7-16(30-2)17(8-13)31-10-18(23)27/h3-9,12,21H,10-11H2,1-2H3,(H2,23,27)(H,25,28)/t21-/m0/s1. The lowest BCUT2D eigenvalue weighted by Gasteiger charge is -2.20. The number of hydrogen-bond acceptors (Lipinski definition) is 7. The second-order valence-electron chi connectivity index (χ2n) is 6.95. The van der Waals surface area contributed by atoms with Gasteiger partial charge in [0.05, 0.1) is 36.6 Å². The molecular formula is C22H22N4O5S. The molecule has 0 saturated heterocycles. The summed E-state index contributed by atoms with van der Waals surface area (Å²) in [6.45, 7) is -0.273. The second-order valence-corrected chi connectivity index (χ2v) is 8.05. The lowest BCUT2D eigenvalue weighted by atomic mass is 10.1. The monoisotopic (exact) mass is 454 g/mol. The summed E-state index contributed by atoms with van der Waals surface area (Å²) in [5, 5.41) is 2.63. The number of rotatable bonds is 7. The van der Waals surface area contributed by atoms with Crippen LogP contribution in [0.5, 0.6) is 17.2 Å². The Labute approximate surface area is 188 Å². The van der Waals surface area contributed by atoms with Crippen molar-refractivity contribution in [2.75, 3.05) is 31.9 Å². The van der Waals surface area contributed by atoms with Crippen LogP contribution in [0.15, 0.2) is 48.8 Å². The van der Waals surface area contributed by atoms with Crippen LogP contribution in [0.3, 0.4) is 0 Å². The Morgan fingerprint density at radius 3 is 2.81 bits per heavy atom. The van der Waals surface area contributed by atoms with Crippen LogP contribution >= 0.6 is 11.8 Å². The number of methoxy groups -OCH3 is 2. The number of ether oxygens (including phenoxy) is 3. The van der Waals surface area contributed by atoms with Crippen molar-refractivity contribution in [3.8, 4) is 22.9 Å². The number of amides is 2. The zero-order valence-corrected chi connectivity index (χ0v) is 18.3. The van der Waals surface area contributed by atoms with Gasteiger partial charge in [-0.1, -0.05) is 12.1 Å². The van der Waals surface area contributed by atoms with Crippen LogP contribution in [0.25, 0.3) is 5.69 Å². The van der Waals surface area contributed by atoms with Crippen molar-refractivity contribution in [2.45, 2.75) is 5.25 Å². The van der Waals surface area contributed by atoms with E-state index >= 15 is 0 Å². The van der Waals surface area contributed by atoms with E-state index in [0.29, 0.717) is 23.1 Å². The van der Waals surface area contributed by atoms with Crippen LogP contribution in [0.1, 0.15) is 16.5 Å². The molecule has 0 aliphatic carbocycles. The lowest BCUT2D eigenvalue weighted by molar-refractivity contribution is -0.120. The molecule has 4 rings (SSSR count). The van der Waals surface area contributed by atoms with Crippen molar-refractivity contribution >= 4 is 29.4 Å². The highest BCUT2D eigenvalue weighted by molar-refractivity contribution is 8.00. The van der Waals surface area contributed by atoms with Crippen molar-refractivity contribution < 1.29 is 23.8 Å². The Hall–Kier alpha value is -3.66. The van der Waals surface area contributed by atoms with E-state index in [-0.39, 0.29) is 23.5 Å². The molecule has 2 heterocycles. The Kier molecular flexibility index (Phi) is 6.22. The number of benzene rings is 2. The van der Waals surface area contributed by atoms with Crippen molar-refractivity contribution in [3.05, 3.63) is 60.0 Å². The number of primary amides is 1. The molecule has 1 atom stereocenters. The fourth-order valence-electron chi connectivity index (χ4n) is 3.45. The van der Waals surface area contributed by atoms with Crippen molar-refractivity contribution in [1.29, 1.82) is 0 Å². The summed E-state index contributed by atoms with van der Waals surface area (Å²) < 4.78 is 18.2. The summed E-state index contributed by atoms with van der Waals surface area (Å²) in [4.78, 5) is 28.0. The molecule has 1 aromatic heterocycles. The largest absolute Gasteiger partial charge is 0.497 e. The molecule has 0 fully saturated rings. The molecule has 166 valence electrons. The minimum atomic E-state index is -0.588. The van der Waals surface area contributed by atoms with E-state index in [0.717, 1.165) is 16.9 Å². The van der Waals surface area contributed by atoms with Gasteiger partial charge in [-0.25, -0.2) is 4.98 Å². The summed E-state index contributed by atoms with van der Waals surface area (Å²) in [7, 11) is 3.13. The van der Waals surface area contributed by atoms with Gasteiger partial charge >= 0.3 is 0 Å². The van der Waals surface area contributed by atoms with Gasteiger partial charge in [0, 0.05) is 6.07 Å². The molecule has 3 N–H and O–H groups in total. The van der Waals surface area contributed by atoms with Crippen LogP contribution in [-0.2, 0) is 9.59 Å². The van der Waals surface area contributed by atoms with Gasteiger partial charge in [0.15, 0.2) is 23.9 Å². The number of carbonyl (C=O) groups is 2. The predicted molar refractivity (Wildman–Crippen MR) is 121 cm³/mol. The highest BCUT2D eigenvalue weighted by Crippen LogP contribution is 2.44. The van der Waals surface area contributed by atoms with E-state index in [1.165, 1.54) is 18.9 Å². The number of carbonyl (C=O) groups excluding carboxylic acids is 2. The molecule has 0 bridgehead atoms. The molecule has 3 aromatic rings. The van der Waals surface area contributed by atoms with Crippen molar-refractivity contribution in [3.63, 3.8) is 0 Å². The normalized spacial score (nSPS) is 15.3. The van der Waals surface area contributed by atoms with Gasteiger partial charge in [-0.15, -0.1) is 11.8 Å². The number of nitrogens with two attached hydrogens (primary N) is 1. The Bertz CT molecular complexity index is 1160. The minimum absolute atomic E-state index is 0.131. The number of hydrogen-bond donors (Lipinski definition) is 2. The summed E-state index contributed by atoms with van der Waals surface area (Å²) in [6, 6.07) is 13.0. The first kappa shape index (κ1) is 21.6. The number of fused-ring (bicyclic) bond motifs is 1. The van der Waals surface area contributed by atoms with Crippen LogP contribution in [0, 0.1) is 0 Å². The molecule has 0 saturated carbocycles. The summed E-state index contributed by atoms with van der Waals surface area (Å²) in [5.74, 6) is 1.60. The van der Waals surface area contributed by atoms with Gasteiger partial charge in [-0.2, -0.15) is 0 Å². The molecular weight excluding hydrogens is 432 g/mol. The quantitative estimate of drug-likeness (QED) is 0.563. The molecule has 0 radical (unpaired) electrons. The summed E-state index contributed by atoms with van der Waals surface area (Å²) >= 11 is 1.47. The topological polar surface area (TPSA) is 118 Å². The number of thioether (sulfide) groups is 1. The number of nitrogens with one attached hydrogen (secondary N) is 1. The van der Waals surface area contributed by atoms with Crippen molar-refractivity contribution in [1.82, 2.24) is 9.55 Å². The maximum Gasteiger partial charge on any atom is 0.255 e. The maximum absolute atomic E-state index is 12.3. The van der Waals surface area contributed by atoms with E-state index in [1.54, 1.807) is 25.6 Å². The Morgan fingerprint density at radius 2 is 2.06 bits per heavy atom. The van der Waals surface area contributed by atoms with Crippen LogP contribution < -0.4 is 25.3 Å². The zero-order chi connectivity index (χ0) is 22.7. The number of imidazole rings is 1. The SMILES string of the molecule is COc1cccc(-n2cnc3c2[C@H](c2ccc(OC)c(OCC(N)=O)c2)SCC(=O)N3)c1. The molecule has 32 heavy (non-hydrogen) atoms. The molecule has 2 amide bonds. The molecule has 2 aromatic carbocycles. The van der Waals surface area contributed by atoms with Gasteiger partial charge in [0.1, 0.15) is 12.1 Å². The number of aromatic nitrogens is 2. The van der Waals surface area contributed by atoms with Gasteiger partial charge < -0.3 is 25.3 Å². The highest BCUT2D eigenvalue weighted by atomic mass is 32.2. The first-order valence-electron chi connectivity index (χ1n) is 9.72. The van der Waals surface area contributed by atoms with E-state index in [9.17, 15) is 9.59 Å². The number of nitrogens with zero attached hydrogens (tertiary/aromatic N) is 2. The first-order valence-corrected chi connectivity index (χ1v) is 10.8. The van der Waals surface area contributed by atoms with E-state index in [1.807, 2.05) is 34.9 Å². The molecule has 1 aliphatic rings. The fraction of sp³-hybridized carbons (Fsp3) is 0.227. The van der Waals surface area contributed by atoms with Crippen LogP contribution in [0.4, 0.5) is 5.82 Å². The van der Waals surface area contributed by atoms with Gasteiger partial charge in [0.25, 0.3) is 5.91 Å². The van der Waals surface area contributed by atoms with Gasteiger partial charge in [0.2, 0.25) is 5.91 Å². The minimum Gasteiger partial charge on any atom is -0.497 e. The fourth-order valence-corrected chi connectivity index (χ4v) is 4.56. The maximum atomic E-state index is 12.3. The van der Waals surface area contributed by atoms with Gasteiger partial charge in [-0.05, 0) is 29.8 Å². The van der Waals surface area contributed by atoms with E-state index in [4.69, 9.17) is 19.9 Å². The van der Waals surface area contributed by atoms with E-state index in [2.05, 4.69) is 10.3 Å². The first-order chi connectivity index (χ1) is 15.5. The zero-order valence-electron chi connectivity index (χ0n) is 17.5. The van der Waals surface area contributed by atoms with Crippen LogP contribution in [-0.4, -0.2) is 47.9 Å². The molecule has 0 spiro atoms. The summed E-state index contributed by atoms with van der Waals surface area (Å²) in [5.41, 5.74) is 7.74. The Morgan fingerprint density at radius 1 is 1.22 bits per heavy atom. The number of anilines is 1. The third-order valence-electron chi connectivity index (χ3n) is 4.88. The van der Waals surface area contributed by atoms with E-state index < -0.39 is 5.91 Å². The van der Waals surface area contributed by atoms with Crippen LogP contribution in [0.2, 0.25) is 0 Å². The molecule has 10 heteroatoms. The molecule has 1 aliphatic heterocycles.